The molecule has 0 aliphatic heterocycles. The van der Waals surface area contributed by atoms with Gasteiger partial charge in [-0.05, 0) is 29.7 Å². The van der Waals surface area contributed by atoms with E-state index in [4.69, 9.17) is 0 Å². The second kappa shape index (κ2) is 4.69. The maximum atomic E-state index is 2.35. The van der Waals surface area contributed by atoms with Gasteiger partial charge in [0.2, 0.25) is 0 Å². The fraction of sp³-hybridized carbons (Fsp3) is 0.375. The van der Waals surface area contributed by atoms with Crippen LogP contribution in [-0.2, 0) is 0 Å². The normalized spacial score (nSPS) is 25.6. The molecule has 1 aliphatic carbocycles. The van der Waals surface area contributed by atoms with Crippen molar-refractivity contribution in [1.29, 1.82) is 0 Å². The van der Waals surface area contributed by atoms with E-state index in [0.717, 1.165) is 0 Å². The molecule has 0 heterocycles. The molecule has 0 spiro atoms. The number of benzene rings is 1. The van der Waals surface area contributed by atoms with E-state index in [1.165, 1.54) is 18.4 Å². The van der Waals surface area contributed by atoms with Gasteiger partial charge in [-0.3, -0.25) is 0 Å². The summed E-state index contributed by atoms with van der Waals surface area (Å²) in [6.07, 6.45) is 11.3. The van der Waals surface area contributed by atoms with Gasteiger partial charge < -0.3 is 0 Å². The summed E-state index contributed by atoms with van der Waals surface area (Å²) in [4.78, 5) is 0. The fourth-order valence-electron chi connectivity index (χ4n) is 2.52. The third-order valence-electron chi connectivity index (χ3n) is 3.47. The minimum absolute atomic E-state index is 0.337. The van der Waals surface area contributed by atoms with Gasteiger partial charge in [0.25, 0.3) is 0 Å². The van der Waals surface area contributed by atoms with E-state index in [1.807, 2.05) is 0 Å². The molecule has 1 aromatic rings. The lowest BCUT2D eigenvalue weighted by atomic mass is 9.75. The molecule has 0 N–H and O–H groups in total. The lowest BCUT2D eigenvalue weighted by molar-refractivity contribution is 0.363. The molecule has 0 amide bonds. The Morgan fingerprint density at radius 2 is 1.94 bits per heavy atom. The van der Waals surface area contributed by atoms with Gasteiger partial charge in [-0.1, -0.05) is 68.5 Å². The van der Waals surface area contributed by atoms with Crippen molar-refractivity contribution in [1.82, 2.24) is 0 Å². The Balaban J connectivity index is 2.05. The van der Waals surface area contributed by atoms with Crippen LogP contribution in [0.3, 0.4) is 0 Å². The molecule has 0 saturated carbocycles. The SMILES string of the molecule is CC(CC1(C)C=CC=CC1)c1ccccc1. The molecule has 0 saturated heterocycles. The monoisotopic (exact) mass is 212 g/mol. The molecule has 0 nitrogen and oxygen atoms in total. The standard InChI is InChI=1S/C16H20/c1-14(15-9-5-3-6-10-15)13-16(2)11-7-4-8-12-16/h3-11,14H,12-13H2,1-2H3. The topological polar surface area (TPSA) is 0 Å². The van der Waals surface area contributed by atoms with E-state index in [2.05, 4.69) is 68.5 Å². The third-order valence-corrected chi connectivity index (χ3v) is 3.47. The number of hydrogen-bond donors (Lipinski definition) is 0. The van der Waals surface area contributed by atoms with Gasteiger partial charge in [-0.2, -0.15) is 0 Å². The molecule has 2 unspecified atom stereocenters. The largest absolute Gasteiger partial charge is 0.0837 e. The highest BCUT2D eigenvalue weighted by Gasteiger charge is 2.24. The Morgan fingerprint density at radius 1 is 1.19 bits per heavy atom. The van der Waals surface area contributed by atoms with Crippen LogP contribution < -0.4 is 0 Å². The van der Waals surface area contributed by atoms with Crippen LogP contribution >= 0.6 is 0 Å². The van der Waals surface area contributed by atoms with Gasteiger partial charge in [0.05, 0.1) is 0 Å². The molecular formula is C16H20. The Morgan fingerprint density at radius 3 is 2.56 bits per heavy atom. The van der Waals surface area contributed by atoms with Crippen LogP contribution in [0.25, 0.3) is 0 Å². The van der Waals surface area contributed by atoms with Gasteiger partial charge in [-0.15, -0.1) is 0 Å². The maximum Gasteiger partial charge on any atom is -0.0103 e. The van der Waals surface area contributed by atoms with E-state index >= 15 is 0 Å². The minimum Gasteiger partial charge on any atom is -0.0837 e. The Kier molecular flexibility index (Phi) is 3.28. The molecule has 0 aromatic heterocycles. The van der Waals surface area contributed by atoms with E-state index < -0.39 is 0 Å². The van der Waals surface area contributed by atoms with Crippen molar-refractivity contribution in [3.63, 3.8) is 0 Å². The Hall–Kier alpha value is -1.30. The molecule has 84 valence electrons. The zero-order chi connectivity index (χ0) is 11.4. The van der Waals surface area contributed by atoms with Gasteiger partial charge >= 0.3 is 0 Å². The maximum absolute atomic E-state index is 2.35. The summed E-state index contributed by atoms with van der Waals surface area (Å²) in [5, 5.41) is 0. The Labute approximate surface area is 98.7 Å². The van der Waals surface area contributed by atoms with E-state index in [1.54, 1.807) is 0 Å². The Bertz CT molecular complexity index is 386. The van der Waals surface area contributed by atoms with E-state index in [9.17, 15) is 0 Å². The van der Waals surface area contributed by atoms with Crippen molar-refractivity contribution in [3.8, 4) is 0 Å². The first kappa shape index (κ1) is 11.2. The summed E-state index contributed by atoms with van der Waals surface area (Å²) in [5.74, 6) is 0.627. The zero-order valence-corrected chi connectivity index (χ0v) is 10.2. The average Bonchev–Trinajstić information content (AvgIpc) is 2.30. The van der Waals surface area contributed by atoms with E-state index in [0.29, 0.717) is 11.3 Å². The van der Waals surface area contributed by atoms with Crippen LogP contribution in [0, 0.1) is 5.41 Å². The quantitative estimate of drug-likeness (QED) is 0.681. The van der Waals surface area contributed by atoms with Crippen molar-refractivity contribution < 1.29 is 0 Å². The third kappa shape index (κ3) is 2.63. The summed E-state index contributed by atoms with van der Waals surface area (Å²) in [7, 11) is 0. The summed E-state index contributed by atoms with van der Waals surface area (Å²) < 4.78 is 0. The highest BCUT2D eigenvalue weighted by atomic mass is 14.3. The smallest absolute Gasteiger partial charge is 0.0103 e. The fourth-order valence-corrected chi connectivity index (χ4v) is 2.52. The lowest BCUT2D eigenvalue weighted by Gasteiger charge is -2.29. The van der Waals surface area contributed by atoms with Crippen LogP contribution in [0.2, 0.25) is 0 Å². The molecule has 0 bridgehead atoms. The minimum atomic E-state index is 0.337. The average molecular weight is 212 g/mol. The van der Waals surface area contributed by atoms with Gasteiger partial charge in [0.1, 0.15) is 0 Å². The molecule has 16 heavy (non-hydrogen) atoms. The van der Waals surface area contributed by atoms with Crippen LogP contribution in [0.4, 0.5) is 0 Å². The number of allylic oxidation sites excluding steroid dienone is 4. The molecular weight excluding hydrogens is 192 g/mol. The highest BCUT2D eigenvalue weighted by Crippen LogP contribution is 2.37. The van der Waals surface area contributed by atoms with Crippen molar-refractivity contribution in [3.05, 3.63) is 60.2 Å². The molecule has 0 fully saturated rings. The van der Waals surface area contributed by atoms with Crippen molar-refractivity contribution in [2.75, 3.05) is 0 Å². The summed E-state index contributed by atoms with van der Waals surface area (Å²) in [6.45, 7) is 4.68. The van der Waals surface area contributed by atoms with E-state index in [-0.39, 0.29) is 0 Å². The van der Waals surface area contributed by atoms with Crippen LogP contribution in [0.5, 0.6) is 0 Å². The second-order valence-corrected chi connectivity index (χ2v) is 5.16. The molecule has 2 atom stereocenters. The van der Waals surface area contributed by atoms with Gasteiger partial charge in [-0.25, -0.2) is 0 Å². The summed E-state index contributed by atoms with van der Waals surface area (Å²) in [5.41, 5.74) is 1.79. The van der Waals surface area contributed by atoms with Crippen molar-refractivity contribution in [2.24, 2.45) is 5.41 Å². The van der Waals surface area contributed by atoms with Crippen LogP contribution in [0.1, 0.15) is 38.2 Å². The van der Waals surface area contributed by atoms with Gasteiger partial charge in [0, 0.05) is 0 Å². The lowest BCUT2D eigenvalue weighted by Crippen LogP contribution is -2.16. The predicted molar refractivity (Wildman–Crippen MR) is 70.5 cm³/mol. The first-order chi connectivity index (χ1) is 7.70. The first-order valence-electron chi connectivity index (χ1n) is 6.09. The predicted octanol–water partition coefficient (Wildman–Crippen LogP) is 4.70. The summed E-state index contributed by atoms with van der Waals surface area (Å²) >= 11 is 0. The second-order valence-electron chi connectivity index (χ2n) is 5.16. The molecule has 1 aromatic carbocycles. The summed E-state index contributed by atoms with van der Waals surface area (Å²) in [6, 6.07) is 10.8. The highest BCUT2D eigenvalue weighted by molar-refractivity contribution is 5.21. The number of rotatable bonds is 3. The van der Waals surface area contributed by atoms with Crippen molar-refractivity contribution >= 4 is 0 Å². The molecule has 1 aliphatic rings. The van der Waals surface area contributed by atoms with Crippen LogP contribution in [-0.4, -0.2) is 0 Å². The van der Waals surface area contributed by atoms with Gasteiger partial charge in [0.15, 0.2) is 0 Å². The van der Waals surface area contributed by atoms with Crippen LogP contribution in [0.15, 0.2) is 54.6 Å². The van der Waals surface area contributed by atoms with Crippen molar-refractivity contribution in [2.45, 2.75) is 32.6 Å². The zero-order valence-electron chi connectivity index (χ0n) is 10.2. The number of hydrogen-bond acceptors (Lipinski definition) is 0. The molecule has 0 radical (unpaired) electrons. The molecule has 2 rings (SSSR count). The molecule has 0 heteroatoms. The first-order valence-corrected chi connectivity index (χ1v) is 6.09.